The van der Waals surface area contributed by atoms with Gasteiger partial charge in [0.15, 0.2) is 0 Å². The molecular weight excluding hydrogens is 238 g/mol. The van der Waals surface area contributed by atoms with Gasteiger partial charge in [0.05, 0.1) is 6.10 Å². The first-order chi connectivity index (χ1) is 8.15. The van der Waals surface area contributed by atoms with Gasteiger partial charge in [0.2, 0.25) is 5.91 Å². The SMILES string of the molecule is C=CCCC(=O)NCC(O)c1ccccc1Cl. The summed E-state index contributed by atoms with van der Waals surface area (Å²) in [7, 11) is 0. The Bertz CT molecular complexity index is 393. The van der Waals surface area contributed by atoms with Gasteiger partial charge in [0.25, 0.3) is 0 Å². The second-order valence-corrected chi connectivity index (χ2v) is 4.08. The van der Waals surface area contributed by atoms with Crippen molar-refractivity contribution in [3.63, 3.8) is 0 Å². The van der Waals surface area contributed by atoms with Crippen LogP contribution in [0.4, 0.5) is 0 Å². The van der Waals surface area contributed by atoms with E-state index in [1.807, 2.05) is 0 Å². The van der Waals surface area contributed by atoms with Crippen LogP contribution in [-0.4, -0.2) is 17.6 Å². The minimum Gasteiger partial charge on any atom is -0.387 e. The molecule has 0 aliphatic heterocycles. The highest BCUT2D eigenvalue weighted by Crippen LogP contribution is 2.21. The predicted octanol–water partition coefficient (Wildman–Crippen LogP) is 2.46. The van der Waals surface area contributed by atoms with Crippen LogP contribution in [-0.2, 0) is 4.79 Å². The number of carbonyl (C=O) groups is 1. The molecule has 1 aromatic carbocycles. The zero-order chi connectivity index (χ0) is 12.7. The molecule has 0 aromatic heterocycles. The number of allylic oxidation sites excluding steroid dienone is 1. The molecule has 0 spiro atoms. The van der Waals surface area contributed by atoms with Gasteiger partial charge < -0.3 is 10.4 Å². The van der Waals surface area contributed by atoms with Crippen LogP contribution in [0.15, 0.2) is 36.9 Å². The third-order valence-corrected chi connectivity index (χ3v) is 2.68. The Labute approximate surface area is 106 Å². The second kappa shape index (κ2) is 7.09. The van der Waals surface area contributed by atoms with Crippen LogP contribution >= 0.6 is 11.6 Å². The fourth-order valence-corrected chi connectivity index (χ4v) is 1.65. The average molecular weight is 254 g/mol. The molecule has 0 bridgehead atoms. The summed E-state index contributed by atoms with van der Waals surface area (Å²) in [6, 6.07) is 7.04. The monoisotopic (exact) mass is 253 g/mol. The van der Waals surface area contributed by atoms with Crippen LogP contribution in [0.25, 0.3) is 0 Å². The average Bonchev–Trinajstić information content (AvgIpc) is 2.34. The van der Waals surface area contributed by atoms with Gasteiger partial charge in [-0.2, -0.15) is 0 Å². The summed E-state index contributed by atoms with van der Waals surface area (Å²) in [4.78, 5) is 11.3. The largest absolute Gasteiger partial charge is 0.387 e. The molecule has 0 saturated carbocycles. The number of hydrogen-bond donors (Lipinski definition) is 2. The lowest BCUT2D eigenvalue weighted by atomic mass is 10.1. The molecule has 4 heteroatoms. The Morgan fingerprint density at radius 1 is 1.53 bits per heavy atom. The van der Waals surface area contributed by atoms with Crippen LogP contribution in [0.3, 0.4) is 0 Å². The Morgan fingerprint density at radius 2 is 2.24 bits per heavy atom. The minimum absolute atomic E-state index is 0.101. The third-order valence-electron chi connectivity index (χ3n) is 2.33. The maximum absolute atomic E-state index is 11.3. The van der Waals surface area contributed by atoms with Gasteiger partial charge in [0.1, 0.15) is 0 Å². The van der Waals surface area contributed by atoms with E-state index >= 15 is 0 Å². The van der Waals surface area contributed by atoms with Gasteiger partial charge in [-0.1, -0.05) is 35.9 Å². The molecule has 0 saturated heterocycles. The van der Waals surface area contributed by atoms with E-state index in [0.29, 0.717) is 23.4 Å². The van der Waals surface area contributed by atoms with E-state index < -0.39 is 6.10 Å². The van der Waals surface area contributed by atoms with E-state index in [-0.39, 0.29) is 12.5 Å². The Morgan fingerprint density at radius 3 is 2.88 bits per heavy atom. The highest BCUT2D eigenvalue weighted by Gasteiger charge is 2.11. The van der Waals surface area contributed by atoms with Gasteiger partial charge in [0, 0.05) is 23.6 Å². The molecule has 0 heterocycles. The zero-order valence-corrected chi connectivity index (χ0v) is 10.3. The van der Waals surface area contributed by atoms with Crippen LogP contribution < -0.4 is 5.32 Å². The highest BCUT2D eigenvalue weighted by molar-refractivity contribution is 6.31. The van der Waals surface area contributed by atoms with Crippen molar-refractivity contribution in [3.05, 3.63) is 47.5 Å². The number of amides is 1. The van der Waals surface area contributed by atoms with E-state index in [4.69, 9.17) is 11.6 Å². The van der Waals surface area contributed by atoms with Gasteiger partial charge in [-0.25, -0.2) is 0 Å². The van der Waals surface area contributed by atoms with Crippen molar-refractivity contribution >= 4 is 17.5 Å². The lowest BCUT2D eigenvalue weighted by molar-refractivity contribution is -0.121. The first-order valence-corrected chi connectivity index (χ1v) is 5.83. The molecular formula is C13H16ClNO2. The Kier molecular flexibility index (Phi) is 5.73. The number of benzene rings is 1. The van der Waals surface area contributed by atoms with Crippen LogP contribution in [0, 0.1) is 0 Å². The predicted molar refractivity (Wildman–Crippen MR) is 68.9 cm³/mol. The number of nitrogens with one attached hydrogen (secondary N) is 1. The van der Waals surface area contributed by atoms with E-state index in [1.54, 1.807) is 30.3 Å². The normalized spacial score (nSPS) is 11.9. The number of carbonyl (C=O) groups excluding carboxylic acids is 1. The van der Waals surface area contributed by atoms with Crippen molar-refractivity contribution in [3.8, 4) is 0 Å². The standard InChI is InChI=1S/C13H16ClNO2/c1-2-3-8-13(17)15-9-12(16)10-6-4-5-7-11(10)14/h2,4-7,12,16H,1,3,8-9H2,(H,15,17). The smallest absolute Gasteiger partial charge is 0.220 e. The Balaban J connectivity index is 2.45. The number of halogens is 1. The van der Waals surface area contributed by atoms with Gasteiger partial charge in [-0.15, -0.1) is 6.58 Å². The van der Waals surface area contributed by atoms with E-state index in [2.05, 4.69) is 11.9 Å². The van der Waals surface area contributed by atoms with E-state index in [0.717, 1.165) is 0 Å². The fourth-order valence-electron chi connectivity index (χ4n) is 1.39. The van der Waals surface area contributed by atoms with Crippen LogP contribution in [0.2, 0.25) is 5.02 Å². The molecule has 2 N–H and O–H groups in total. The molecule has 1 unspecified atom stereocenters. The number of hydrogen-bond acceptors (Lipinski definition) is 2. The van der Waals surface area contributed by atoms with Crippen molar-refractivity contribution in [1.82, 2.24) is 5.32 Å². The first-order valence-electron chi connectivity index (χ1n) is 5.45. The maximum atomic E-state index is 11.3. The molecule has 1 atom stereocenters. The van der Waals surface area contributed by atoms with Gasteiger partial charge in [-0.05, 0) is 12.5 Å². The fraction of sp³-hybridized carbons (Fsp3) is 0.308. The summed E-state index contributed by atoms with van der Waals surface area (Å²) in [5.74, 6) is -0.101. The molecule has 3 nitrogen and oxygen atoms in total. The van der Waals surface area contributed by atoms with Crippen molar-refractivity contribution in [2.45, 2.75) is 18.9 Å². The van der Waals surface area contributed by atoms with Crippen molar-refractivity contribution in [2.75, 3.05) is 6.54 Å². The minimum atomic E-state index is -0.781. The lowest BCUT2D eigenvalue weighted by Gasteiger charge is -2.13. The van der Waals surface area contributed by atoms with Crippen LogP contribution in [0.1, 0.15) is 24.5 Å². The Hall–Kier alpha value is -1.32. The summed E-state index contributed by atoms with van der Waals surface area (Å²) < 4.78 is 0. The summed E-state index contributed by atoms with van der Waals surface area (Å²) in [6.07, 6.45) is 1.92. The summed E-state index contributed by atoms with van der Waals surface area (Å²) in [5, 5.41) is 13.0. The van der Waals surface area contributed by atoms with E-state index in [9.17, 15) is 9.90 Å². The number of rotatable bonds is 6. The van der Waals surface area contributed by atoms with E-state index in [1.165, 1.54) is 0 Å². The molecule has 1 aromatic rings. The van der Waals surface area contributed by atoms with Gasteiger partial charge >= 0.3 is 0 Å². The number of aliphatic hydroxyl groups excluding tert-OH is 1. The highest BCUT2D eigenvalue weighted by atomic mass is 35.5. The molecule has 17 heavy (non-hydrogen) atoms. The molecule has 1 rings (SSSR count). The summed E-state index contributed by atoms with van der Waals surface area (Å²) in [6.45, 7) is 3.71. The quantitative estimate of drug-likeness (QED) is 0.765. The van der Waals surface area contributed by atoms with Crippen molar-refractivity contribution in [2.24, 2.45) is 0 Å². The number of aliphatic hydroxyl groups is 1. The maximum Gasteiger partial charge on any atom is 0.220 e. The van der Waals surface area contributed by atoms with Crippen molar-refractivity contribution < 1.29 is 9.90 Å². The summed E-state index contributed by atoms with van der Waals surface area (Å²) in [5.41, 5.74) is 0.623. The molecule has 0 radical (unpaired) electrons. The molecule has 0 aliphatic carbocycles. The van der Waals surface area contributed by atoms with Gasteiger partial charge in [-0.3, -0.25) is 4.79 Å². The summed E-state index contributed by atoms with van der Waals surface area (Å²) >= 11 is 5.93. The lowest BCUT2D eigenvalue weighted by Crippen LogP contribution is -2.28. The molecule has 92 valence electrons. The molecule has 1 amide bonds. The van der Waals surface area contributed by atoms with Crippen molar-refractivity contribution in [1.29, 1.82) is 0 Å². The molecule has 0 aliphatic rings. The topological polar surface area (TPSA) is 49.3 Å². The molecule has 0 fully saturated rings. The van der Waals surface area contributed by atoms with Crippen LogP contribution in [0.5, 0.6) is 0 Å². The second-order valence-electron chi connectivity index (χ2n) is 3.67. The zero-order valence-electron chi connectivity index (χ0n) is 9.53. The third kappa shape index (κ3) is 4.59. The first kappa shape index (κ1) is 13.7.